The number of carbonyl (C=O) groups excluding carboxylic acids is 1. The Bertz CT molecular complexity index is 550. The molecule has 104 valence electrons. The van der Waals surface area contributed by atoms with Gasteiger partial charge in [0, 0.05) is 12.8 Å². The second kappa shape index (κ2) is 6.42. The van der Waals surface area contributed by atoms with E-state index in [4.69, 9.17) is 0 Å². The Morgan fingerprint density at radius 3 is 1.90 bits per heavy atom. The first-order valence-corrected chi connectivity index (χ1v) is 6.57. The number of benzene rings is 2. The van der Waals surface area contributed by atoms with Gasteiger partial charge in [-0.15, -0.1) is 0 Å². The van der Waals surface area contributed by atoms with E-state index in [9.17, 15) is 13.6 Å². The molecular formula is C17H16F2O. The van der Waals surface area contributed by atoms with E-state index in [2.05, 4.69) is 0 Å². The lowest BCUT2D eigenvalue weighted by Gasteiger charge is -2.15. The van der Waals surface area contributed by atoms with Gasteiger partial charge in [0.05, 0.1) is 0 Å². The smallest absolute Gasteiger partial charge is 0.293 e. The van der Waals surface area contributed by atoms with Crippen LogP contribution in [0.1, 0.15) is 17.5 Å². The highest BCUT2D eigenvalue weighted by Crippen LogP contribution is 2.23. The second-order valence-electron chi connectivity index (χ2n) is 4.78. The summed E-state index contributed by atoms with van der Waals surface area (Å²) >= 11 is 0. The summed E-state index contributed by atoms with van der Waals surface area (Å²) in [6.45, 7) is 0. The van der Waals surface area contributed by atoms with Crippen LogP contribution in [-0.2, 0) is 17.6 Å². The molecule has 0 aromatic heterocycles. The van der Waals surface area contributed by atoms with Crippen LogP contribution in [0.2, 0.25) is 0 Å². The molecule has 3 heteroatoms. The standard InChI is InChI=1S/C17H16F2O/c18-17(19,13-15-9-5-2-6-10-15)16(20)12-11-14-7-3-1-4-8-14/h1-10H,11-13H2. The van der Waals surface area contributed by atoms with Crippen LogP contribution in [0.5, 0.6) is 0 Å². The van der Waals surface area contributed by atoms with E-state index < -0.39 is 18.1 Å². The summed E-state index contributed by atoms with van der Waals surface area (Å²) in [4.78, 5) is 11.7. The molecule has 0 N–H and O–H groups in total. The van der Waals surface area contributed by atoms with Crippen molar-refractivity contribution in [1.29, 1.82) is 0 Å². The average Bonchev–Trinajstić information content (AvgIpc) is 2.46. The Balaban J connectivity index is 1.93. The molecule has 0 saturated carbocycles. The van der Waals surface area contributed by atoms with E-state index in [1.165, 1.54) is 0 Å². The molecule has 0 heterocycles. The normalized spacial score (nSPS) is 11.3. The number of rotatable bonds is 6. The number of hydrogen-bond donors (Lipinski definition) is 0. The number of aryl methyl sites for hydroxylation is 1. The van der Waals surface area contributed by atoms with Gasteiger partial charge >= 0.3 is 5.92 Å². The van der Waals surface area contributed by atoms with Crippen LogP contribution in [0.3, 0.4) is 0 Å². The molecule has 2 aromatic rings. The molecule has 0 aliphatic rings. The number of carbonyl (C=O) groups is 1. The molecule has 0 saturated heterocycles. The molecule has 0 radical (unpaired) electrons. The number of alkyl halides is 2. The number of Topliss-reactive ketones (excluding diaryl/α,β-unsaturated/α-hetero) is 1. The molecule has 2 aromatic carbocycles. The van der Waals surface area contributed by atoms with Crippen LogP contribution in [0.15, 0.2) is 60.7 Å². The zero-order valence-corrected chi connectivity index (χ0v) is 11.1. The van der Waals surface area contributed by atoms with E-state index in [0.29, 0.717) is 12.0 Å². The van der Waals surface area contributed by atoms with Crippen molar-refractivity contribution in [2.24, 2.45) is 0 Å². The molecule has 0 spiro atoms. The Kier molecular flexibility index (Phi) is 4.61. The lowest BCUT2D eigenvalue weighted by Crippen LogP contribution is -2.31. The highest BCUT2D eigenvalue weighted by molar-refractivity contribution is 5.86. The largest absolute Gasteiger partial charge is 0.309 e. The third kappa shape index (κ3) is 3.98. The Morgan fingerprint density at radius 2 is 1.35 bits per heavy atom. The summed E-state index contributed by atoms with van der Waals surface area (Å²) in [6, 6.07) is 17.6. The first-order chi connectivity index (χ1) is 9.58. The van der Waals surface area contributed by atoms with E-state index in [0.717, 1.165) is 5.56 Å². The van der Waals surface area contributed by atoms with Gasteiger partial charge in [0.1, 0.15) is 0 Å². The highest BCUT2D eigenvalue weighted by Gasteiger charge is 2.37. The van der Waals surface area contributed by atoms with Crippen LogP contribution < -0.4 is 0 Å². The third-order valence-electron chi connectivity index (χ3n) is 3.16. The van der Waals surface area contributed by atoms with Gasteiger partial charge in [-0.3, -0.25) is 4.79 Å². The molecular weight excluding hydrogens is 258 g/mol. The Morgan fingerprint density at radius 1 is 0.850 bits per heavy atom. The molecule has 0 bridgehead atoms. The summed E-state index contributed by atoms with van der Waals surface area (Å²) in [6.07, 6.45) is -0.310. The van der Waals surface area contributed by atoms with Crippen LogP contribution in [0.25, 0.3) is 0 Å². The van der Waals surface area contributed by atoms with Crippen LogP contribution in [0.4, 0.5) is 8.78 Å². The fraction of sp³-hybridized carbons (Fsp3) is 0.235. The van der Waals surface area contributed by atoms with Crippen molar-refractivity contribution in [2.75, 3.05) is 0 Å². The molecule has 0 aliphatic heterocycles. The Labute approximate surface area is 117 Å². The summed E-state index contributed by atoms with van der Waals surface area (Å²) < 4.78 is 27.7. The van der Waals surface area contributed by atoms with E-state index in [-0.39, 0.29) is 6.42 Å². The summed E-state index contributed by atoms with van der Waals surface area (Å²) in [5, 5.41) is 0. The summed E-state index contributed by atoms with van der Waals surface area (Å²) in [5.41, 5.74) is 1.38. The van der Waals surface area contributed by atoms with Crippen LogP contribution in [-0.4, -0.2) is 11.7 Å². The van der Waals surface area contributed by atoms with Gasteiger partial charge in [0.15, 0.2) is 0 Å². The lowest BCUT2D eigenvalue weighted by atomic mass is 9.99. The minimum Gasteiger partial charge on any atom is -0.293 e. The van der Waals surface area contributed by atoms with Gasteiger partial charge < -0.3 is 0 Å². The average molecular weight is 274 g/mol. The quantitative estimate of drug-likeness (QED) is 0.776. The summed E-state index contributed by atoms with van der Waals surface area (Å²) in [5.74, 6) is -4.29. The van der Waals surface area contributed by atoms with Crippen LogP contribution >= 0.6 is 0 Å². The maximum absolute atomic E-state index is 13.9. The van der Waals surface area contributed by atoms with Gasteiger partial charge in [0.25, 0.3) is 0 Å². The van der Waals surface area contributed by atoms with Crippen molar-refractivity contribution in [3.63, 3.8) is 0 Å². The zero-order valence-electron chi connectivity index (χ0n) is 11.1. The van der Waals surface area contributed by atoms with Crippen molar-refractivity contribution in [1.82, 2.24) is 0 Å². The van der Waals surface area contributed by atoms with Crippen molar-refractivity contribution in [2.45, 2.75) is 25.2 Å². The highest BCUT2D eigenvalue weighted by atomic mass is 19.3. The van der Waals surface area contributed by atoms with Gasteiger partial charge in [0.2, 0.25) is 5.78 Å². The first-order valence-electron chi connectivity index (χ1n) is 6.57. The van der Waals surface area contributed by atoms with E-state index in [1.807, 2.05) is 30.3 Å². The van der Waals surface area contributed by atoms with E-state index >= 15 is 0 Å². The SMILES string of the molecule is O=C(CCc1ccccc1)C(F)(F)Cc1ccccc1. The van der Waals surface area contributed by atoms with Crippen LogP contribution in [0, 0.1) is 0 Å². The van der Waals surface area contributed by atoms with Gasteiger partial charge in [-0.25, -0.2) is 0 Å². The van der Waals surface area contributed by atoms with Gasteiger partial charge in [-0.2, -0.15) is 8.78 Å². The monoisotopic (exact) mass is 274 g/mol. The number of halogens is 2. The maximum atomic E-state index is 13.9. The predicted molar refractivity (Wildman–Crippen MR) is 74.9 cm³/mol. The molecule has 2 rings (SSSR count). The summed E-state index contributed by atoms with van der Waals surface area (Å²) in [7, 11) is 0. The topological polar surface area (TPSA) is 17.1 Å². The molecule has 20 heavy (non-hydrogen) atoms. The van der Waals surface area contributed by atoms with Crippen molar-refractivity contribution >= 4 is 5.78 Å². The minimum absolute atomic E-state index is 0.135. The van der Waals surface area contributed by atoms with Crippen molar-refractivity contribution in [3.05, 3.63) is 71.8 Å². The van der Waals surface area contributed by atoms with Gasteiger partial charge in [-0.1, -0.05) is 60.7 Å². The fourth-order valence-electron chi connectivity index (χ4n) is 2.04. The fourth-order valence-corrected chi connectivity index (χ4v) is 2.04. The minimum atomic E-state index is -3.30. The second-order valence-corrected chi connectivity index (χ2v) is 4.78. The van der Waals surface area contributed by atoms with Gasteiger partial charge in [-0.05, 0) is 17.5 Å². The van der Waals surface area contributed by atoms with Crippen molar-refractivity contribution < 1.29 is 13.6 Å². The molecule has 0 atom stereocenters. The number of hydrogen-bond acceptors (Lipinski definition) is 1. The maximum Gasteiger partial charge on any atom is 0.309 e. The zero-order chi connectivity index (χ0) is 14.4. The third-order valence-corrected chi connectivity index (χ3v) is 3.16. The molecule has 0 fully saturated rings. The lowest BCUT2D eigenvalue weighted by molar-refractivity contribution is -0.142. The molecule has 1 nitrogen and oxygen atoms in total. The number of ketones is 1. The Hall–Kier alpha value is -2.03. The molecule has 0 aliphatic carbocycles. The van der Waals surface area contributed by atoms with Crippen molar-refractivity contribution in [3.8, 4) is 0 Å². The predicted octanol–water partition coefficient (Wildman–Crippen LogP) is 4.07. The molecule has 0 unspecified atom stereocenters. The molecule has 0 amide bonds. The first kappa shape index (κ1) is 14.4. The van der Waals surface area contributed by atoms with E-state index in [1.54, 1.807) is 30.3 Å².